The van der Waals surface area contributed by atoms with Gasteiger partial charge in [0.2, 0.25) is 0 Å². The molecule has 33 heavy (non-hydrogen) atoms. The Balaban J connectivity index is 1.50. The number of hydrogen-bond acceptors (Lipinski definition) is 4. The number of nitrogens with two attached hydrogens (primary N) is 1. The van der Waals surface area contributed by atoms with E-state index in [-0.39, 0.29) is 33.6 Å². The molecular formula is C29H39N3O. The molecule has 1 unspecified atom stereocenters. The van der Waals surface area contributed by atoms with Crippen LogP contribution in [0.4, 0.5) is 0 Å². The maximum Gasteiger partial charge on any atom is 0.178 e. The third kappa shape index (κ3) is 2.41. The highest BCUT2D eigenvalue weighted by Crippen LogP contribution is 2.74. The minimum atomic E-state index is -0.521. The Morgan fingerprint density at radius 2 is 1.70 bits per heavy atom. The van der Waals surface area contributed by atoms with Gasteiger partial charge in [-0.3, -0.25) is 9.79 Å². The Kier molecular flexibility index (Phi) is 3.90. The van der Waals surface area contributed by atoms with E-state index >= 15 is 0 Å². The zero-order valence-electron chi connectivity index (χ0n) is 21.2. The molecule has 0 aromatic heterocycles. The predicted octanol–water partition coefficient (Wildman–Crippen LogP) is 5.54. The Bertz CT molecular complexity index is 1120. The summed E-state index contributed by atoms with van der Waals surface area (Å²) in [6, 6.07) is 2.24. The number of hydrogen-bond donors (Lipinski definition) is 1. The van der Waals surface area contributed by atoms with Crippen molar-refractivity contribution in [2.75, 3.05) is 0 Å². The lowest BCUT2D eigenvalue weighted by Gasteiger charge is -2.65. The summed E-state index contributed by atoms with van der Waals surface area (Å²) in [6.07, 6.45) is 12.4. The number of carbonyl (C=O) groups excluding carboxylic acids is 1. The highest BCUT2D eigenvalue weighted by atomic mass is 16.1. The molecule has 0 aromatic carbocycles. The van der Waals surface area contributed by atoms with E-state index in [4.69, 9.17) is 10.7 Å². The van der Waals surface area contributed by atoms with Crippen LogP contribution in [0.25, 0.3) is 0 Å². The zero-order chi connectivity index (χ0) is 23.8. The number of carbonyl (C=O) groups is 1. The van der Waals surface area contributed by atoms with Crippen LogP contribution in [0.5, 0.6) is 0 Å². The lowest BCUT2D eigenvalue weighted by molar-refractivity contribution is -0.132. The first kappa shape index (κ1) is 21.8. The van der Waals surface area contributed by atoms with Gasteiger partial charge in [0, 0.05) is 16.4 Å². The SMILES string of the molecule is CC1(C)C(=O)C(C#N)=C[C@]2(C)C3=CC4=N[C@@]45C(CC[C@@]4(C)CC[C@](C)(N)C[C@H]45)[C@]3(C)CC[C@@H]12. The molecule has 6 aliphatic rings. The second-order valence-electron chi connectivity index (χ2n) is 14.0. The molecule has 4 nitrogen and oxygen atoms in total. The van der Waals surface area contributed by atoms with Crippen LogP contribution in [0.15, 0.2) is 28.3 Å². The third-order valence-electron chi connectivity index (χ3n) is 11.7. The molecular weight excluding hydrogens is 406 g/mol. The summed E-state index contributed by atoms with van der Waals surface area (Å²) in [7, 11) is 0. The Morgan fingerprint density at radius 3 is 2.39 bits per heavy atom. The van der Waals surface area contributed by atoms with Gasteiger partial charge in [0.25, 0.3) is 0 Å². The number of ketones is 1. The topological polar surface area (TPSA) is 79.2 Å². The predicted molar refractivity (Wildman–Crippen MR) is 130 cm³/mol. The minimum absolute atomic E-state index is 0.0171. The first-order valence-corrected chi connectivity index (χ1v) is 13.0. The van der Waals surface area contributed by atoms with Crippen molar-refractivity contribution in [1.29, 1.82) is 5.26 Å². The molecule has 8 atom stereocenters. The van der Waals surface area contributed by atoms with Crippen LogP contribution in [-0.4, -0.2) is 22.6 Å². The van der Waals surface area contributed by atoms with Crippen molar-refractivity contribution in [1.82, 2.24) is 0 Å². The van der Waals surface area contributed by atoms with Crippen molar-refractivity contribution in [2.24, 2.45) is 50.1 Å². The van der Waals surface area contributed by atoms with E-state index in [1.54, 1.807) is 0 Å². The Hall–Kier alpha value is -1.73. The quantitative estimate of drug-likeness (QED) is 0.532. The molecule has 3 fully saturated rings. The van der Waals surface area contributed by atoms with Gasteiger partial charge in [-0.25, -0.2) is 0 Å². The van der Waals surface area contributed by atoms with E-state index < -0.39 is 5.41 Å². The number of aliphatic imine (C=N–C) groups is 1. The van der Waals surface area contributed by atoms with E-state index in [0.29, 0.717) is 22.8 Å². The first-order chi connectivity index (χ1) is 15.2. The number of rotatable bonds is 0. The summed E-state index contributed by atoms with van der Waals surface area (Å²) in [4.78, 5) is 18.5. The second kappa shape index (κ2) is 5.91. The molecule has 176 valence electrons. The fourth-order valence-electron chi connectivity index (χ4n) is 9.86. The second-order valence-corrected chi connectivity index (χ2v) is 14.0. The van der Waals surface area contributed by atoms with Crippen LogP contribution in [0.3, 0.4) is 0 Å². The van der Waals surface area contributed by atoms with Gasteiger partial charge in [-0.1, -0.05) is 46.3 Å². The van der Waals surface area contributed by atoms with Crippen LogP contribution < -0.4 is 5.73 Å². The van der Waals surface area contributed by atoms with Crippen LogP contribution in [0, 0.1) is 50.7 Å². The van der Waals surface area contributed by atoms with Gasteiger partial charge in [-0.2, -0.15) is 5.26 Å². The fraction of sp³-hybridized carbons (Fsp3) is 0.759. The van der Waals surface area contributed by atoms with Crippen molar-refractivity contribution < 1.29 is 4.79 Å². The van der Waals surface area contributed by atoms with Gasteiger partial charge < -0.3 is 5.73 Å². The average Bonchev–Trinajstić information content (AvgIpc) is 3.44. The van der Waals surface area contributed by atoms with Gasteiger partial charge in [0.1, 0.15) is 11.6 Å². The molecule has 5 aliphatic carbocycles. The average molecular weight is 446 g/mol. The Labute approximate surface area is 198 Å². The summed E-state index contributed by atoms with van der Waals surface area (Å²) >= 11 is 0. The van der Waals surface area contributed by atoms with E-state index in [0.717, 1.165) is 25.7 Å². The van der Waals surface area contributed by atoms with Crippen LogP contribution >= 0.6 is 0 Å². The minimum Gasteiger partial charge on any atom is -0.325 e. The fourth-order valence-corrected chi connectivity index (χ4v) is 9.86. The molecule has 4 heteroatoms. The first-order valence-electron chi connectivity index (χ1n) is 13.0. The van der Waals surface area contributed by atoms with Crippen molar-refractivity contribution in [3.05, 3.63) is 23.3 Å². The molecule has 1 aliphatic heterocycles. The van der Waals surface area contributed by atoms with Gasteiger partial charge >= 0.3 is 0 Å². The normalized spacial score (nSPS) is 53.6. The van der Waals surface area contributed by atoms with Crippen molar-refractivity contribution in [3.8, 4) is 6.07 Å². The molecule has 3 saturated carbocycles. The van der Waals surface area contributed by atoms with E-state index in [9.17, 15) is 10.1 Å². The molecule has 1 spiro atoms. The standard InChI is InChI=1S/C29H39N3O/c1-24(2)18-8-10-27(5)19-7-9-25(3)11-12-26(4,31)15-21(25)29(19)22(32-29)13-20(27)28(18,6)14-17(16-30)23(24)33/h13-14,18-19,21H,7-12,15,31H2,1-6H3/t18-,19?,21+,25-,26-,27-,28-,29+/m0/s1. The van der Waals surface area contributed by atoms with Crippen LogP contribution in [0.2, 0.25) is 0 Å². The van der Waals surface area contributed by atoms with Gasteiger partial charge in [-0.05, 0) is 86.5 Å². The lowest BCUT2D eigenvalue weighted by atomic mass is 9.38. The molecule has 6 rings (SSSR count). The Morgan fingerprint density at radius 1 is 1.00 bits per heavy atom. The summed E-state index contributed by atoms with van der Waals surface area (Å²) < 4.78 is 0. The third-order valence-corrected chi connectivity index (χ3v) is 11.7. The molecule has 0 radical (unpaired) electrons. The summed E-state index contributed by atoms with van der Waals surface area (Å²) in [5.74, 6) is 1.27. The largest absolute Gasteiger partial charge is 0.325 e. The highest BCUT2D eigenvalue weighted by molar-refractivity contribution is 6.15. The molecule has 0 saturated heterocycles. The molecule has 0 aromatic rings. The summed E-state index contributed by atoms with van der Waals surface area (Å²) in [5, 5.41) is 9.82. The zero-order valence-corrected chi connectivity index (χ0v) is 21.2. The molecule has 2 N–H and O–H groups in total. The van der Waals surface area contributed by atoms with E-state index in [1.165, 1.54) is 30.5 Å². The monoisotopic (exact) mass is 445 g/mol. The van der Waals surface area contributed by atoms with E-state index in [1.807, 2.05) is 6.08 Å². The maximum absolute atomic E-state index is 13.1. The maximum atomic E-state index is 13.1. The smallest absolute Gasteiger partial charge is 0.178 e. The molecule has 0 bridgehead atoms. The molecule has 0 amide bonds. The molecule has 1 heterocycles. The summed E-state index contributed by atoms with van der Waals surface area (Å²) in [5.41, 5.74) is 9.28. The highest BCUT2D eigenvalue weighted by Gasteiger charge is 2.73. The van der Waals surface area contributed by atoms with Gasteiger partial charge in [0.15, 0.2) is 5.78 Å². The number of Topliss-reactive ketones (excluding diaryl/α,β-unsaturated/α-hetero) is 1. The lowest BCUT2D eigenvalue weighted by Crippen LogP contribution is -2.64. The van der Waals surface area contributed by atoms with Crippen molar-refractivity contribution >= 4 is 11.5 Å². The van der Waals surface area contributed by atoms with Crippen LogP contribution in [-0.2, 0) is 4.79 Å². The number of nitriles is 1. The number of nitrogens with zero attached hydrogens (tertiary/aromatic N) is 2. The van der Waals surface area contributed by atoms with Gasteiger partial charge in [0.05, 0.1) is 11.3 Å². The van der Waals surface area contributed by atoms with E-state index in [2.05, 4.69) is 53.7 Å². The van der Waals surface area contributed by atoms with Crippen molar-refractivity contribution in [2.45, 2.75) is 97.6 Å². The van der Waals surface area contributed by atoms with Gasteiger partial charge in [-0.15, -0.1) is 0 Å². The number of allylic oxidation sites excluding steroid dienone is 3. The summed E-state index contributed by atoms with van der Waals surface area (Å²) in [6.45, 7) is 13.6. The van der Waals surface area contributed by atoms with Crippen LogP contribution in [0.1, 0.15) is 86.5 Å². The van der Waals surface area contributed by atoms with Crippen molar-refractivity contribution in [3.63, 3.8) is 0 Å². The number of fused-ring (bicyclic) bond motifs is 5.